The molecule has 0 saturated heterocycles. The van der Waals surface area contributed by atoms with E-state index in [0.29, 0.717) is 24.5 Å². The van der Waals surface area contributed by atoms with E-state index in [1.807, 2.05) is 37.2 Å². The second-order valence-electron chi connectivity index (χ2n) is 4.96. The van der Waals surface area contributed by atoms with Gasteiger partial charge in [0.15, 0.2) is 0 Å². The maximum absolute atomic E-state index is 12.1. The lowest BCUT2D eigenvalue weighted by Crippen LogP contribution is -2.19. The quantitative estimate of drug-likeness (QED) is 0.756. The maximum atomic E-state index is 12.1. The molecule has 0 saturated carbocycles. The Kier molecular flexibility index (Phi) is 10.6. The minimum atomic E-state index is -0.249. The normalized spacial score (nSPS) is 9.83. The number of halogens is 2. The summed E-state index contributed by atoms with van der Waals surface area (Å²) < 4.78 is 5.64. The van der Waals surface area contributed by atoms with E-state index in [0.717, 1.165) is 17.3 Å². The number of hydrogen-bond donors (Lipinski definition) is 2. The standard InChI is InChI=1S/C15H20N4O2S.2ClH/c1-19(2)6-7-21-12-5-3-4-11(8-12)17-15(20)13-10-22-14(9-16)18-13;;/h3-5,8,10H,6-7,9,16H2,1-2H3,(H,17,20);2*1H. The topological polar surface area (TPSA) is 80.5 Å². The van der Waals surface area contributed by atoms with Gasteiger partial charge in [-0.2, -0.15) is 0 Å². The minimum absolute atomic E-state index is 0. The Bertz CT molecular complexity index is 637. The predicted molar refractivity (Wildman–Crippen MR) is 103 cm³/mol. The first-order chi connectivity index (χ1) is 10.6. The first-order valence-corrected chi connectivity index (χ1v) is 7.80. The van der Waals surface area contributed by atoms with E-state index in [-0.39, 0.29) is 30.7 Å². The summed E-state index contributed by atoms with van der Waals surface area (Å²) in [6.07, 6.45) is 0. The molecular weight excluding hydrogens is 371 g/mol. The van der Waals surface area contributed by atoms with Crippen LogP contribution in [0.4, 0.5) is 5.69 Å². The second kappa shape index (κ2) is 11.2. The number of amides is 1. The van der Waals surface area contributed by atoms with Crippen LogP contribution in [0.25, 0.3) is 0 Å². The van der Waals surface area contributed by atoms with E-state index in [1.54, 1.807) is 11.4 Å². The Morgan fingerprint density at radius 1 is 1.38 bits per heavy atom. The molecule has 2 aromatic rings. The van der Waals surface area contributed by atoms with E-state index in [4.69, 9.17) is 10.5 Å². The molecule has 0 aliphatic rings. The molecule has 0 spiro atoms. The average molecular weight is 393 g/mol. The van der Waals surface area contributed by atoms with Crippen LogP contribution in [0.15, 0.2) is 29.6 Å². The maximum Gasteiger partial charge on any atom is 0.275 e. The molecule has 9 heteroatoms. The first-order valence-electron chi connectivity index (χ1n) is 6.92. The Labute approximate surface area is 158 Å². The van der Waals surface area contributed by atoms with Crippen molar-refractivity contribution in [1.29, 1.82) is 0 Å². The van der Waals surface area contributed by atoms with Gasteiger partial charge in [-0.25, -0.2) is 4.98 Å². The fraction of sp³-hybridized carbons (Fsp3) is 0.333. The predicted octanol–water partition coefficient (Wildman–Crippen LogP) is 2.64. The molecule has 0 aliphatic heterocycles. The number of likely N-dealkylation sites (N-methyl/N-ethyl adjacent to an activating group) is 1. The van der Waals surface area contributed by atoms with Gasteiger partial charge < -0.3 is 20.7 Å². The van der Waals surface area contributed by atoms with Gasteiger partial charge in [-0.1, -0.05) is 6.07 Å². The molecule has 0 fully saturated rings. The van der Waals surface area contributed by atoms with Gasteiger partial charge in [0.25, 0.3) is 5.91 Å². The number of rotatable bonds is 7. The molecule has 0 bridgehead atoms. The van der Waals surface area contributed by atoms with E-state index in [9.17, 15) is 4.79 Å². The SMILES string of the molecule is CN(C)CCOc1cccc(NC(=O)c2csc(CN)n2)c1.Cl.Cl. The van der Waals surface area contributed by atoms with Crippen molar-refractivity contribution in [2.24, 2.45) is 5.73 Å². The van der Waals surface area contributed by atoms with Crippen molar-refractivity contribution in [3.05, 3.63) is 40.3 Å². The highest BCUT2D eigenvalue weighted by Gasteiger charge is 2.10. The van der Waals surface area contributed by atoms with Gasteiger partial charge in [0, 0.05) is 30.2 Å². The van der Waals surface area contributed by atoms with Crippen molar-refractivity contribution >= 4 is 47.7 Å². The fourth-order valence-corrected chi connectivity index (χ4v) is 2.37. The second-order valence-corrected chi connectivity index (χ2v) is 5.91. The Hall–Kier alpha value is -1.38. The summed E-state index contributed by atoms with van der Waals surface area (Å²) in [5, 5.41) is 5.25. The smallest absolute Gasteiger partial charge is 0.275 e. The lowest BCUT2D eigenvalue weighted by Gasteiger charge is -2.12. The summed E-state index contributed by atoms with van der Waals surface area (Å²) in [6, 6.07) is 7.31. The molecule has 6 nitrogen and oxygen atoms in total. The van der Waals surface area contributed by atoms with Crippen LogP contribution in [0.5, 0.6) is 5.75 Å². The van der Waals surface area contributed by atoms with Crippen LogP contribution >= 0.6 is 36.2 Å². The molecule has 0 radical (unpaired) electrons. The molecule has 1 amide bonds. The Balaban J connectivity index is 0.00000264. The van der Waals surface area contributed by atoms with Crippen molar-refractivity contribution in [2.75, 3.05) is 32.6 Å². The molecule has 134 valence electrons. The third kappa shape index (κ3) is 7.02. The molecule has 0 atom stereocenters. The van der Waals surface area contributed by atoms with Gasteiger partial charge >= 0.3 is 0 Å². The lowest BCUT2D eigenvalue weighted by atomic mass is 10.3. The third-order valence-corrected chi connectivity index (χ3v) is 3.73. The number of aromatic nitrogens is 1. The van der Waals surface area contributed by atoms with Gasteiger partial charge in [0.1, 0.15) is 23.1 Å². The third-order valence-electron chi connectivity index (χ3n) is 2.86. The van der Waals surface area contributed by atoms with Crippen LogP contribution in [-0.4, -0.2) is 43.0 Å². The first kappa shape index (κ1) is 22.6. The molecule has 0 unspecified atom stereocenters. The van der Waals surface area contributed by atoms with Crippen molar-refractivity contribution in [3.8, 4) is 5.75 Å². The molecule has 24 heavy (non-hydrogen) atoms. The Morgan fingerprint density at radius 2 is 2.12 bits per heavy atom. The van der Waals surface area contributed by atoms with E-state index >= 15 is 0 Å². The van der Waals surface area contributed by atoms with Crippen molar-refractivity contribution < 1.29 is 9.53 Å². The minimum Gasteiger partial charge on any atom is -0.492 e. The van der Waals surface area contributed by atoms with Crippen LogP contribution in [0.3, 0.4) is 0 Å². The number of thiazole rings is 1. The molecule has 1 aromatic heterocycles. The number of nitrogens with one attached hydrogen (secondary N) is 1. The number of carbonyl (C=O) groups is 1. The van der Waals surface area contributed by atoms with Crippen molar-refractivity contribution in [2.45, 2.75) is 6.54 Å². The van der Waals surface area contributed by atoms with Gasteiger partial charge in [0.05, 0.1) is 0 Å². The molecule has 1 heterocycles. The molecule has 3 N–H and O–H groups in total. The number of benzene rings is 1. The highest BCUT2D eigenvalue weighted by Crippen LogP contribution is 2.18. The van der Waals surface area contributed by atoms with Gasteiger partial charge in [-0.15, -0.1) is 36.2 Å². The highest BCUT2D eigenvalue weighted by atomic mass is 35.5. The van der Waals surface area contributed by atoms with E-state index in [2.05, 4.69) is 10.3 Å². The number of carbonyl (C=O) groups excluding carboxylic acids is 1. The summed E-state index contributed by atoms with van der Waals surface area (Å²) in [4.78, 5) is 18.3. The van der Waals surface area contributed by atoms with Crippen LogP contribution in [0, 0.1) is 0 Å². The zero-order valence-corrected chi connectivity index (χ0v) is 16.0. The average Bonchev–Trinajstić information content (AvgIpc) is 2.96. The van der Waals surface area contributed by atoms with Gasteiger partial charge in [-0.05, 0) is 26.2 Å². The number of nitrogens with two attached hydrogens (primary N) is 1. The fourth-order valence-electron chi connectivity index (χ4n) is 1.71. The number of hydrogen-bond acceptors (Lipinski definition) is 6. The number of ether oxygens (including phenoxy) is 1. The van der Waals surface area contributed by atoms with Gasteiger partial charge in [0.2, 0.25) is 0 Å². The summed E-state index contributed by atoms with van der Waals surface area (Å²) in [5.41, 5.74) is 6.55. The molecular formula is C15H22Cl2N4O2S. The van der Waals surface area contributed by atoms with E-state index < -0.39 is 0 Å². The summed E-state index contributed by atoms with van der Waals surface area (Å²) in [7, 11) is 3.98. The molecule has 1 aromatic carbocycles. The van der Waals surface area contributed by atoms with Crippen molar-refractivity contribution in [3.63, 3.8) is 0 Å². The zero-order valence-electron chi connectivity index (χ0n) is 13.5. The highest BCUT2D eigenvalue weighted by molar-refractivity contribution is 7.09. The zero-order chi connectivity index (χ0) is 15.9. The van der Waals surface area contributed by atoms with E-state index in [1.165, 1.54) is 11.3 Å². The lowest BCUT2D eigenvalue weighted by molar-refractivity contribution is 0.102. The molecule has 0 aliphatic carbocycles. The largest absolute Gasteiger partial charge is 0.492 e. The Morgan fingerprint density at radius 3 is 2.75 bits per heavy atom. The molecule has 2 rings (SSSR count). The number of nitrogens with zero attached hydrogens (tertiary/aromatic N) is 2. The van der Waals surface area contributed by atoms with Crippen LogP contribution in [0.1, 0.15) is 15.5 Å². The van der Waals surface area contributed by atoms with Crippen LogP contribution < -0.4 is 15.8 Å². The number of anilines is 1. The monoisotopic (exact) mass is 392 g/mol. The van der Waals surface area contributed by atoms with Crippen LogP contribution in [0.2, 0.25) is 0 Å². The van der Waals surface area contributed by atoms with Gasteiger partial charge in [-0.3, -0.25) is 4.79 Å². The summed E-state index contributed by atoms with van der Waals surface area (Å²) in [5.74, 6) is 0.474. The van der Waals surface area contributed by atoms with Crippen molar-refractivity contribution in [1.82, 2.24) is 9.88 Å². The summed E-state index contributed by atoms with van der Waals surface area (Å²) in [6.45, 7) is 1.76. The van der Waals surface area contributed by atoms with Crippen LogP contribution in [-0.2, 0) is 6.54 Å². The summed E-state index contributed by atoms with van der Waals surface area (Å²) >= 11 is 1.38.